The molecule has 4 aromatic rings. The zero-order valence-electron chi connectivity index (χ0n) is 10.8. The van der Waals surface area contributed by atoms with Crippen molar-refractivity contribution in [2.45, 2.75) is 0 Å². The molecule has 0 fully saturated rings. The molecule has 0 saturated heterocycles. The number of aromatic amines is 2. The Balaban J connectivity index is 1.92. The number of nitrogens with zero attached hydrogens (tertiary/aromatic N) is 2. The highest BCUT2D eigenvalue weighted by atomic mass is 16.4. The van der Waals surface area contributed by atoms with Crippen molar-refractivity contribution < 1.29 is 9.90 Å². The third-order valence-electron chi connectivity index (χ3n) is 3.42. The largest absolute Gasteiger partial charge is 0.478 e. The first-order chi connectivity index (χ1) is 10.2. The second-order valence-corrected chi connectivity index (χ2v) is 4.74. The van der Waals surface area contributed by atoms with Gasteiger partial charge in [0.1, 0.15) is 5.69 Å². The van der Waals surface area contributed by atoms with E-state index in [-0.39, 0.29) is 5.56 Å². The smallest absolute Gasteiger partial charge is 0.335 e. The molecule has 21 heavy (non-hydrogen) atoms. The molecule has 2 heterocycles. The van der Waals surface area contributed by atoms with E-state index in [9.17, 15) is 4.79 Å². The number of carbonyl (C=O) groups is 1. The first kappa shape index (κ1) is 11.7. The van der Waals surface area contributed by atoms with Gasteiger partial charge < -0.3 is 10.1 Å². The van der Waals surface area contributed by atoms with Crippen LogP contribution in [-0.2, 0) is 0 Å². The normalized spacial score (nSPS) is 11.2. The van der Waals surface area contributed by atoms with Crippen LogP contribution >= 0.6 is 0 Å². The number of para-hydroxylation sites is 1. The molecule has 0 unspecified atom stereocenters. The lowest BCUT2D eigenvalue weighted by Crippen LogP contribution is -1.94. The van der Waals surface area contributed by atoms with Gasteiger partial charge in [0.25, 0.3) is 0 Å². The van der Waals surface area contributed by atoms with Crippen LogP contribution in [0, 0.1) is 0 Å². The van der Waals surface area contributed by atoms with Gasteiger partial charge in [0, 0.05) is 5.39 Å². The average molecular weight is 278 g/mol. The number of hydrogen-bond acceptors (Lipinski definition) is 3. The van der Waals surface area contributed by atoms with Gasteiger partial charge in [-0.3, -0.25) is 5.10 Å². The lowest BCUT2D eigenvalue weighted by Gasteiger charge is -1.92. The maximum Gasteiger partial charge on any atom is 0.335 e. The molecule has 0 spiro atoms. The fourth-order valence-corrected chi connectivity index (χ4v) is 2.40. The van der Waals surface area contributed by atoms with Crippen LogP contribution in [0.25, 0.3) is 33.5 Å². The molecule has 2 aromatic heterocycles. The van der Waals surface area contributed by atoms with Crippen LogP contribution in [0.15, 0.2) is 42.5 Å². The van der Waals surface area contributed by atoms with Gasteiger partial charge in [-0.15, -0.1) is 0 Å². The summed E-state index contributed by atoms with van der Waals surface area (Å²) in [6, 6.07) is 12.6. The monoisotopic (exact) mass is 278 g/mol. The molecule has 4 rings (SSSR count). The predicted molar refractivity (Wildman–Crippen MR) is 78.1 cm³/mol. The molecule has 2 aromatic carbocycles. The number of aromatic carboxylic acids is 1. The Kier molecular flexibility index (Phi) is 2.32. The van der Waals surface area contributed by atoms with Crippen molar-refractivity contribution in [2.75, 3.05) is 0 Å². The fraction of sp³-hybridized carbons (Fsp3) is 0. The van der Waals surface area contributed by atoms with Gasteiger partial charge in [0.05, 0.1) is 22.1 Å². The van der Waals surface area contributed by atoms with Crippen LogP contribution in [0.3, 0.4) is 0 Å². The van der Waals surface area contributed by atoms with Gasteiger partial charge in [-0.25, -0.2) is 9.78 Å². The Bertz CT molecular complexity index is 984. The molecule has 102 valence electrons. The van der Waals surface area contributed by atoms with E-state index in [1.807, 2.05) is 24.3 Å². The number of carboxylic acid groups (broad SMARTS) is 1. The average Bonchev–Trinajstić information content (AvgIpc) is 3.09. The van der Waals surface area contributed by atoms with Gasteiger partial charge in [0.15, 0.2) is 5.82 Å². The molecule has 0 amide bonds. The van der Waals surface area contributed by atoms with Crippen molar-refractivity contribution in [1.82, 2.24) is 20.2 Å². The molecule has 0 saturated carbocycles. The summed E-state index contributed by atoms with van der Waals surface area (Å²) in [5.41, 5.74) is 3.27. The molecule has 0 atom stereocenters. The van der Waals surface area contributed by atoms with E-state index in [1.54, 1.807) is 12.1 Å². The van der Waals surface area contributed by atoms with Gasteiger partial charge in [-0.05, 0) is 24.3 Å². The van der Waals surface area contributed by atoms with Crippen molar-refractivity contribution in [3.8, 4) is 11.5 Å². The van der Waals surface area contributed by atoms with E-state index in [0.29, 0.717) is 16.9 Å². The Hall–Kier alpha value is -3.15. The highest BCUT2D eigenvalue weighted by molar-refractivity contribution is 5.95. The fourth-order valence-electron chi connectivity index (χ4n) is 2.40. The van der Waals surface area contributed by atoms with Crippen LogP contribution in [0.1, 0.15) is 10.4 Å². The van der Waals surface area contributed by atoms with Crippen LogP contribution in [0.2, 0.25) is 0 Å². The number of nitrogens with one attached hydrogen (secondary N) is 2. The maximum absolute atomic E-state index is 11.0. The number of aromatic nitrogens is 4. The molecule has 0 radical (unpaired) electrons. The van der Waals surface area contributed by atoms with Gasteiger partial charge in [-0.2, -0.15) is 5.10 Å². The summed E-state index contributed by atoms with van der Waals surface area (Å²) in [5.74, 6) is -0.344. The van der Waals surface area contributed by atoms with Gasteiger partial charge in [0.2, 0.25) is 0 Å². The van der Waals surface area contributed by atoms with Crippen LogP contribution in [0.4, 0.5) is 0 Å². The van der Waals surface area contributed by atoms with E-state index in [2.05, 4.69) is 20.2 Å². The summed E-state index contributed by atoms with van der Waals surface area (Å²) in [7, 11) is 0. The molecular formula is C15H10N4O2. The quantitative estimate of drug-likeness (QED) is 0.525. The number of benzene rings is 2. The van der Waals surface area contributed by atoms with Crippen LogP contribution in [-0.4, -0.2) is 31.2 Å². The first-order valence-corrected chi connectivity index (χ1v) is 6.39. The Morgan fingerprint density at radius 2 is 1.95 bits per heavy atom. The Labute approximate surface area is 118 Å². The van der Waals surface area contributed by atoms with Crippen LogP contribution < -0.4 is 0 Å². The zero-order valence-corrected chi connectivity index (χ0v) is 10.8. The number of carboxylic acids is 1. The topological polar surface area (TPSA) is 94.7 Å². The predicted octanol–water partition coefficient (Wildman–Crippen LogP) is 2.80. The van der Waals surface area contributed by atoms with Crippen molar-refractivity contribution in [3.05, 3.63) is 48.0 Å². The minimum absolute atomic E-state index is 0.226. The molecular weight excluding hydrogens is 268 g/mol. The van der Waals surface area contributed by atoms with Crippen molar-refractivity contribution >= 4 is 27.9 Å². The summed E-state index contributed by atoms with van der Waals surface area (Å²) in [6.07, 6.45) is 0. The molecule has 6 nitrogen and oxygen atoms in total. The molecule has 0 aliphatic carbocycles. The molecule has 3 N–H and O–H groups in total. The zero-order chi connectivity index (χ0) is 14.4. The highest BCUT2D eigenvalue weighted by Crippen LogP contribution is 2.26. The minimum Gasteiger partial charge on any atom is -0.478 e. The van der Waals surface area contributed by atoms with Gasteiger partial charge in [-0.1, -0.05) is 18.2 Å². The summed E-state index contributed by atoms with van der Waals surface area (Å²) in [5, 5.41) is 17.2. The summed E-state index contributed by atoms with van der Waals surface area (Å²) < 4.78 is 0. The molecule has 6 heteroatoms. The molecule has 0 aliphatic rings. The summed E-state index contributed by atoms with van der Waals surface area (Å²) in [4.78, 5) is 18.6. The van der Waals surface area contributed by atoms with E-state index in [1.165, 1.54) is 6.07 Å². The number of rotatable bonds is 2. The third-order valence-corrected chi connectivity index (χ3v) is 3.42. The van der Waals surface area contributed by atoms with E-state index < -0.39 is 5.97 Å². The van der Waals surface area contributed by atoms with E-state index >= 15 is 0 Å². The summed E-state index contributed by atoms with van der Waals surface area (Å²) >= 11 is 0. The molecule has 0 aliphatic heterocycles. The summed E-state index contributed by atoms with van der Waals surface area (Å²) in [6.45, 7) is 0. The second-order valence-electron chi connectivity index (χ2n) is 4.74. The van der Waals surface area contributed by atoms with Crippen molar-refractivity contribution in [2.24, 2.45) is 0 Å². The number of imidazole rings is 1. The van der Waals surface area contributed by atoms with Crippen molar-refractivity contribution in [1.29, 1.82) is 0 Å². The second kappa shape index (κ2) is 4.17. The first-order valence-electron chi connectivity index (χ1n) is 6.39. The van der Waals surface area contributed by atoms with E-state index in [0.717, 1.165) is 16.6 Å². The maximum atomic E-state index is 11.0. The lowest BCUT2D eigenvalue weighted by atomic mass is 10.2. The van der Waals surface area contributed by atoms with Crippen molar-refractivity contribution in [3.63, 3.8) is 0 Å². The molecule has 0 bridgehead atoms. The SMILES string of the molecule is O=C(O)c1ccc2nc(-c3n[nH]c4ccccc34)[nH]c2c1. The van der Waals surface area contributed by atoms with Crippen LogP contribution in [0.5, 0.6) is 0 Å². The Morgan fingerprint density at radius 3 is 2.81 bits per heavy atom. The highest BCUT2D eigenvalue weighted by Gasteiger charge is 2.13. The van der Waals surface area contributed by atoms with Gasteiger partial charge >= 0.3 is 5.97 Å². The van der Waals surface area contributed by atoms with E-state index in [4.69, 9.17) is 5.11 Å². The minimum atomic E-state index is -0.960. The lowest BCUT2D eigenvalue weighted by molar-refractivity contribution is 0.0697. The number of H-pyrrole nitrogens is 2. The standard InChI is InChI=1S/C15H10N4O2/c20-15(21)8-5-6-11-12(7-8)17-14(16-11)13-9-3-1-2-4-10(9)18-19-13/h1-7H,(H,16,17)(H,18,19)(H,20,21). The number of hydrogen-bond donors (Lipinski definition) is 3. The third kappa shape index (κ3) is 1.77. The number of fused-ring (bicyclic) bond motifs is 2. The Morgan fingerprint density at radius 1 is 1.10 bits per heavy atom.